The van der Waals surface area contributed by atoms with Crippen molar-refractivity contribution >= 4 is 5.69 Å². The summed E-state index contributed by atoms with van der Waals surface area (Å²) in [6, 6.07) is 2.92. The van der Waals surface area contributed by atoms with E-state index in [1.165, 1.54) is 29.7 Å². The van der Waals surface area contributed by atoms with Gasteiger partial charge in [0.25, 0.3) is 0 Å². The minimum atomic E-state index is 0.727. The lowest BCUT2D eigenvalue weighted by atomic mass is 10.1. The molecule has 0 saturated heterocycles. The number of nitrogens with one attached hydrogen (secondary N) is 1. The number of likely N-dealkylation sites (N-methyl/N-ethyl adjacent to an activating group) is 1. The minimum absolute atomic E-state index is 0.727. The standard InChI is InChI=1S/C16H25N3/c1-5-19(11-12(2)3)16-8-13(4)17-9-14(16)10-18-15-6-7-15/h8-9,15,18H,2,5-7,10-11H2,1,3-4H3. The number of hydrogen-bond donors (Lipinski definition) is 1. The highest BCUT2D eigenvalue weighted by molar-refractivity contribution is 5.54. The van der Waals surface area contributed by atoms with Crippen molar-refractivity contribution in [2.24, 2.45) is 0 Å². The van der Waals surface area contributed by atoms with Crippen molar-refractivity contribution in [1.29, 1.82) is 0 Å². The molecule has 19 heavy (non-hydrogen) atoms. The van der Waals surface area contributed by atoms with Crippen molar-refractivity contribution in [3.63, 3.8) is 0 Å². The zero-order valence-electron chi connectivity index (χ0n) is 12.4. The van der Waals surface area contributed by atoms with Gasteiger partial charge in [0.15, 0.2) is 0 Å². The Hall–Kier alpha value is -1.35. The maximum atomic E-state index is 4.44. The molecule has 0 unspecified atom stereocenters. The maximum absolute atomic E-state index is 4.44. The summed E-state index contributed by atoms with van der Waals surface area (Å²) in [6.45, 7) is 13.2. The lowest BCUT2D eigenvalue weighted by molar-refractivity contribution is 0.682. The first-order valence-electron chi connectivity index (χ1n) is 7.18. The molecular formula is C16H25N3. The van der Waals surface area contributed by atoms with Crippen LogP contribution in [0.5, 0.6) is 0 Å². The number of hydrogen-bond acceptors (Lipinski definition) is 3. The van der Waals surface area contributed by atoms with Gasteiger partial charge in [-0.2, -0.15) is 0 Å². The van der Waals surface area contributed by atoms with Crippen LogP contribution in [-0.2, 0) is 6.54 Å². The summed E-state index contributed by atoms with van der Waals surface area (Å²) >= 11 is 0. The molecule has 104 valence electrons. The van der Waals surface area contributed by atoms with Crippen LogP contribution < -0.4 is 10.2 Å². The van der Waals surface area contributed by atoms with E-state index in [9.17, 15) is 0 Å². The lowest BCUT2D eigenvalue weighted by Crippen LogP contribution is -2.27. The smallest absolute Gasteiger partial charge is 0.0448 e. The van der Waals surface area contributed by atoms with Crippen LogP contribution in [0, 0.1) is 6.92 Å². The zero-order chi connectivity index (χ0) is 13.8. The Morgan fingerprint density at radius 3 is 2.84 bits per heavy atom. The molecule has 1 aromatic rings. The topological polar surface area (TPSA) is 28.2 Å². The molecule has 0 bridgehead atoms. The molecule has 1 aromatic heterocycles. The van der Waals surface area contributed by atoms with Gasteiger partial charge in [-0.3, -0.25) is 4.98 Å². The Bertz CT molecular complexity index is 449. The molecule has 1 saturated carbocycles. The molecule has 0 aliphatic heterocycles. The molecule has 1 aliphatic carbocycles. The van der Waals surface area contributed by atoms with Crippen LogP contribution in [-0.4, -0.2) is 24.1 Å². The third-order valence-corrected chi connectivity index (χ3v) is 3.44. The molecule has 0 spiro atoms. The largest absolute Gasteiger partial charge is 0.367 e. The number of rotatable bonds is 7. The number of pyridine rings is 1. The van der Waals surface area contributed by atoms with Crippen LogP contribution in [0.2, 0.25) is 0 Å². The Morgan fingerprint density at radius 2 is 2.26 bits per heavy atom. The summed E-state index contributed by atoms with van der Waals surface area (Å²) in [5, 5.41) is 3.58. The van der Waals surface area contributed by atoms with E-state index in [1.54, 1.807) is 0 Å². The van der Waals surface area contributed by atoms with Crippen molar-refractivity contribution < 1.29 is 0 Å². The summed E-state index contributed by atoms with van der Waals surface area (Å²) in [5.41, 5.74) is 4.86. The van der Waals surface area contributed by atoms with E-state index in [1.807, 2.05) is 6.20 Å². The zero-order valence-corrected chi connectivity index (χ0v) is 12.4. The molecule has 0 aromatic carbocycles. The fourth-order valence-electron chi connectivity index (χ4n) is 2.24. The molecular weight excluding hydrogens is 234 g/mol. The van der Waals surface area contributed by atoms with E-state index in [-0.39, 0.29) is 0 Å². The van der Waals surface area contributed by atoms with Crippen LogP contribution >= 0.6 is 0 Å². The highest BCUT2D eigenvalue weighted by Crippen LogP contribution is 2.24. The van der Waals surface area contributed by atoms with Gasteiger partial charge < -0.3 is 10.2 Å². The molecule has 1 fully saturated rings. The first-order valence-corrected chi connectivity index (χ1v) is 7.18. The number of aryl methyl sites for hydroxylation is 1. The minimum Gasteiger partial charge on any atom is -0.367 e. The predicted molar refractivity (Wildman–Crippen MR) is 81.5 cm³/mol. The van der Waals surface area contributed by atoms with E-state index < -0.39 is 0 Å². The van der Waals surface area contributed by atoms with E-state index >= 15 is 0 Å². The summed E-state index contributed by atoms with van der Waals surface area (Å²) in [6.07, 6.45) is 4.65. The summed E-state index contributed by atoms with van der Waals surface area (Å²) in [5.74, 6) is 0. The van der Waals surface area contributed by atoms with Crippen LogP contribution in [0.25, 0.3) is 0 Å². The predicted octanol–water partition coefficient (Wildman–Crippen LogP) is 3.04. The van der Waals surface area contributed by atoms with Gasteiger partial charge in [0, 0.05) is 48.8 Å². The Morgan fingerprint density at radius 1 is 1.53 bits per heavy atom. The Kier molecular flexibility index (Phi) is 4.59. The Labute approximate surface area is 116 Å². The van der Waals surface area contributed by atoms with Crippen molar-refractivity contribution in [3.05, 3.63) is 35.7 Å². The molecule has 0 atom stereocenters. The monoisotopic (exact) mass is 259 g/mol. The van der Waals surface area contributed by atoms with Crippen LogP contribution in [0.3, 0.4) is 0 Å². The molecule has 3 nitrogen and oxygen atoms in total. The van der Waals surface area contributed by atoms with Crippen molar-refractivity contribution in [2.45, 2.75) is 46.2 Å². The van der Waals surface area contributed by atoms with E-state index in [0.717, 1.165) is 31.4 Å². The van der Waals surface area contributed by atoms with Crippen LogP contribution in [0.4, 0.5) is 5.69 Å². The number of anilines is 1. The van der Waals surface area contributed by atoms with Crippen molar-refractivity contribution in [1.82, 2.24) is 10.3 Å². The maximum Gasteiger partial charge on any atom is 0.0448 e. The fraction of sp³-hybridized carbons (Fsp3) is 0.562. The lowest BCUT2D eigenvalue weighted by Gasteiger charge is -2.26. The quantitative estimate of drug-likeness (QED) is 0.763. The summed E-state index contributed by atoms with van der Waals surface area (Å²) < 4.78 is 0. The SMILES string of the molecule is C=C(C)CN(CC)c1cc(C)ncc1CNC1CC1. The third-order valence-electron chi connectivity index (χ3n) is 3.44. The highest BCUT2D eigenvalue weighted by atomic mass is 15.1. The number of aromatic nitrogens is 1. The first-order chi connectivity index (χ1) is 9.10. The second-order valence-electron chi connectivity index (χ2n) is 5.58. The van der Waals surface area contributed by atoms with E-state index in [4.69, 9.17) is 0 Å². The summed E-state index contributed by atoms with van der Waals surface area (Å²) in [7, 11) is 0. The van der Waals surface area contributed by atoms with Gasteiger partial charge in [-0.15, -0.1) is 0 Å². The number of nitrogens with zero attached hydrogens (tertiary/aromatic N) is 2. The first kappa shape index (κ1) is 14.1. The van der Waals surface area contributed by atoms with Gasteiger partial charge in [0.2, 0.25) is 0 Å². The molecule has 1 N–H and O–H groups in total. The van der Waals surface area contributed by atoms with Crippen molar-refractivity contribution in [2.75, 3.05) is 18.0 Å². The highest BCUT2D eigenvalue weighted by Gasteiger charge is 2.21. The normalized spacial score (nSPS) is 14.5. The average Bonchev–Trinajstić information content (AvgIpc) is 3.18. The molecule has 3 heteroatoms. The third kappa shape index (κ3) is 4.06. The molecule has 0 amide bonds. The van der Waals surface area contributed by atoms with Gasteiger partial charge >= 0.3 is 0 Å². The molecule has 1 aliphatic rings. The molecule has 1 heterocycles. The van der Waals surface area contributed by atoms with Crippen LogP contribution in [0.1, 0.15) is 37.9 Å². The van der Waals surface area contributed by atoms with Gasteiger partial charge in [-0.25, -0.2) is 0 Å². The van der Waals surface area contributed by atoms with Crippen LogP contribution in [0.15, 0.2) is 24.4 Å². The summed E-state index contributed by atoms with van der Waals surface area (Å²) in [4.78, 5) is 6.82. The van der Waals surface area contributed by atoms with Gasteiger partial charge in [-0.05, 0) is 39.7 Å². The second kappa shape index (κ2) is 6.20. The van der Waals surface area contributed by atoms with Gasteiger partial charge in [0.05, 0.1) is 0 Å². The van der Waals surface area contributed by atoms with E-state index in [2.05, 4.69) is 48.6 Å². The van der Waals surface area contributed by atoms with Gasteiger partial charge in [0.1, 0.15) is 0 Å². The molecule has 2 rings (SSSR count). The molecule has 0 radical (unpaired) electrons. The van der Waals surface area contributed by atoms with Gasteiger partial charge in [-0.1, -0.05) is 12.2 Å². The fourth-order valence-corrected chi connectivity index (χ4v) is 2.24. The second-order valence-corrected chi connectivity index (χ2v) is 5.58. The van der Waals surface area contributed by atoms with Crippen molar-refractivity contribution in [3.8, 4) is 0 Å². The van der Waals surface area contributed by atoms with E-state index in [0.29, 0.717) is 0 Å². The average molecular weight is 259 g/mol. The Balaban J connectivity index is 2.17.